The molecule has 6 nitrogen and oxygen atoms in total. The molecule has 21 heavy (non-hydrogen) atoms. The summed E-state index contributed by atoms with van der Waals surface area (Å²) in [6.45, 7) is 3.05. The number of nitrogens with one attached hydrogen (secondary N) is 2. The van der Waals surface area contributed by atoms with E-state index in [0.29, 0.717) is 18.8 Å². The number of aryl methyl sites for hydroxylation is 1. The third-order valence-corrected chi connectivity index (χ3v) is 3.77. The van der Waals surface area contributed by atoms with Gasteiger partial charge in [-0.15, -0.1) is 10.2 Å². The maximum absolute atomic E-state index is 12.1. The number of fused-ring (bicyclic) bond motifs is 1. The summed E-state index contributed by atoms with van der Waals surface area (Å²) < 4.78 is 2.88. The van der Waals surface area contributed by atoms with Crippen molar-refractivity contribution >= 4 is 32.7 Å². The largest absolute Gasteiger partial charge is 0.351 e. The van der Waals surface area contributed by atoms with Crippen LogP contribution >= 0.6 is 15.9 Å². The van der Waals surface area contributed by atoms with Crippen LogP contribution < -0.4 is 5.32 Å². The van der Waals surface area contributed by atoms with Crippen LogP contribution in [0.1, 0.15) is 16.3 Å². The Balaban J connectivity index is 1.65. The molecule has 1 aromatic carbocycles. The predicted molar refractivity (Wildman–Crippen MR) is 83.1 cm³/mol. The van der Waals surface area contributed by atoms with Crippen LogP contribution in [-0.2, 0) is 6.54 Å². The molecule has 2 aromatic heterocycles. The minimum Gasteiger partial charge on any atom is -0.351 e. The lowest BCUT2D eigenvalue weighted by molar-refractivity contribution is 0.0948. The molecule has 0 fully saturated rings. The highest BCUT2D eigenvalue weighted by atomic mass is 79.9. The third-order valence-electron chi connectivity index (χ3n) is 3.27. The fraction of sp³-hybridized carbons (Fsp3) is 0.214. The molecule has 1 amide bonds. The predicted octanol–water partition coefficient (Wildman–Crippen LogP) is 2.26. The van der Waals surface area contributed by atoms with Crippen molar-refractivity contribution in [3.05, 3.63) is 46.6 Å². The van der Waals surface area contributed by atoms with Crippen molar-refractivity contribution in [3.63, 3.8) is 0 Å². The van der Waals surface area contributed by atoms with E-state index in [0.717, 1.165) is 21.2 Å². The standard InChI is InChI=1S/C14H14BrN5O/c1-9-19-17-8-20(9)5-4-16-14(21)13-7-10-6-11(15)2-3-12(10)18-13/h2-3,6-8,18H,4-5H2,1H3,(H,16,21). The number of nitrogens with zero attached hydrogens (tertiary/aromatic N) is 3. The van der Waals surface area contributed by atoms with E-state index in [1.807, 2.05) is 35.8 Å². The normalized spacial score (nSPS) is 11.0. The van der Waals surface area contributed by atoms with Crippen molar-refractivity contribution in [1.29, 1.82) is 0 Å². The van der Waals surface area contributed by atoms with Crippen molar-refractivity contribution in [2.45, 2.75) is 13.5 Å². The molecule has 0 radical (unpaired) electrons. The number of amides is 1. The second-order valence-electron chi connectivity index (χ2n) is 4.74. The van der Waals surface area contributed by atoms with Crippen LogP contribution in [0.5, 0.6) is 0 Å². The number of carbonyl (C=O) groups excluding carboxylic acids is 1. The number of hydrogen-bond donors (Lipinski definition) is 2. The van der Waals surface area contributed by atoms with Crippen LogP contribution in [0.15, 0.2) is 35.1 Å². The summed E-state index contributed by atoms with van der Waals surface area (Å²) in [5, 5.41) is 11.6. The highest BCUT2D eigenvalue weighted by Gasteiger charge is 2.09. The number of aromatic amines is 1. The fourth-order valence-corrected chi connectivity index (χ4v) is 2.52. The maximum Gasteiger partial charge on any atom is 0.267 e. The third kappa shape index (κ3) is 2.97. The minimum atomic E-state index is -0.118. The van der Waals surface area contributed by atoms with Crippen LogP contribution in [0, 0.1) is 6.92 Å². The SMILES string of the molecule is Cc1nncn1CCNC(=O)c1cc2cc(Br)ccc2[nH]1. The lowest BCUT2D eigenvalue weighted by atomic mass is 10.2. The molecule has 108 valence electrons. The van der Waals surface area contributed by atoms with E-state index >= 15 is 0 Å². The lowest BCUT2D eigenvalue weighted by Gasteiger charge is -2.05. The Bertz CT molecular complexity index is 792. The van der Waals surface area contributed by atoms with Gasteiger partial charge in [-0.2, -0.15) is 0 Å². The van der Waals surface area contributed by atoms with Gasteiger partial charge in [0.15, 0.2) is 0 Å². The van der Waals surface area contributed by atoms with E-state index < -0.39 is 0 Å². The molecule has 0 unspecified atom stereocenters. The van der Waals surface area contributed by atoms with Gasteiger partial charge in [0.2, 0.25) is 0 Å². The van der Waals surface area contributed by atoms with Gasteiger partial charge in [0, 0.05) is 28.5 Å². The van der Waals surface area contributed by atoms with Crippen molar-refractivity contribution in [3.8, 4) is 0 Å². The van der Waals surface area contributed by atoms with Crippen LogP contribution in [0.4, 0.5) is 0 Å². The Morgan fingerprint density at radius 1 is 1.43 bits per heavy atom. The summed E-state index contributed by atoms with van der Waals surface area (Å²) in [7, 11) is 0. The first-order valence-corrected chi connectivity index (χ1v) is 7.33. The first-order valence-electron chi connectivity index (χ1n) is 6.54. The average Bonchev–Trinajstić information content (AvgIpc) is 3.05. The Morgan fingerprint density at radius 2 is 2.29 bits per heavy atom. The van der Waals surface area contributed by atoms with Gasteiger partial charge in [0.25, 0.3) is 5.91 Å². The van der Waals surface area contributed by atoms with Crippen molar-refractivity contribution < 1.29 is 4.79 Å². The summed E-state index contributed by atoms with van der Waals surface area (Å²) in [5.41, 5.74) is 1.50. The van der Waals surface area contributed by atoms with E-state index in [9.17, 15) is 4.79 Å². The van der Waals surface area contributed by atoms with Crippen LogP contribution in [-0.4, -0.2) is 32.2 Å². The Labute approximate surface area is 129 Å². The van der Waals surface area contributed by atoms with Crippen molar-refractivity contribution in [2.75, 3.05) is 6.54 Å². The maximum atomic E-state index is 12.1. The van der Waals surface area contributed by atoms with E-state index in [2.05, 4.69) is 36.4 Å². The van der Waals surface area contributed by atoms with Crippen molar-refractivity contribution in [2.24, 2.45) is 0 Å². The van der Waals surface area contributed by atoms with Gasteiger partial charge in [-0.05, 0) is 31.2 Å². The molecule has 0 aliphatic carbocycles. The zero-order valence-corrected chi connectivity index (χ0v) is 13.0. The lowest BCUT2D eigenvalue weighted by Crippen LogP contribution is -2.27. The van der Waals surface area contributed by atoms with Gasteiger partial charge in [0.05, 0.1) is 0 Å². The smallest absolute Gasteiger partial charge is 0.267 e. The van der Waals surface area contributed by atoms with Crippen LogP contribution in [0.25, 0.3) is 10.9 Å². The first-order chi connectivity index (χ1) is 10.1. The van der Waals surface area contributed by atoms with Gasteiger partial charge >= 0.3 is 0 Å². The van der Waals surface area contributed by atoms with E-state index in [4.69, 9.17) is 0 Å². The average molecular weight is 348 g/mol. The summed E-state index contributed by atoms with van der Waals surface area (Å²) in [6.07, 6.45) is 1.65. The fourth-order valence-electron chi connectivity index (χ4n) is 2.14. The quantitative estimate of drug-likeness (QED) is 0.759. The number of carbonyl (C=O) groups is 1. The summed E-state index contributed by atoms with van der Waals surface area (Å²) >= 11 is 3.42. The monoisotopic (exact) mass is 347 g/mol. The van der Waals surface area contributed by atoms with E-state index in [1.54, 1.807) is 6.33 Å². The number of benzene rings is 1. The van der Waals surface area contributed by atoms with Gasteiger partial charge in [-0.3, -0.25) is 4.79 Å². The van der Waals surface area contributed by atoms with Crippen molar-refractivity contribution in [1.82, 2.24) is 25.1 Å². The van der Waals surface area contributed by atoms with E-state index in [1.165, 1.54) is 0 Å². The number of aromatic nitrogens is 4. The molecule has 7 heteroatoms. The Hall–Kier alpha value is -2.15. The zero-order valence-electron chi connectivity index (χ0n) is 11.4. The van der Waals surface area contributed by atoms with Gasteiger partial charge in [-0.25, -0.2) is 0 Å². The Kier molecular flexibility index (Phi) is 3.74. The molecule has 3 rings (SSSR count). The molecule has 2 heterocycles. The molecule has 0 aliphatic rings. The number of hydrogen-bond acceptors (Lipinski definition) is 3. The molecule has 0 atom stereocenters. The minimum absolute atomic E-state index is 0.118. The highest BCUT2D eigenvalue weighted by Crippen LogP contribution is 2.20. The highest BCUT2D eigenvalue weighted by molar-refractivity contribution is 9.10. The van der Waals surface area contributed by atoms with Gasteiger partial charge in [0.1, 0.15) is 17.8 Å². The van der Waals surface area contributed by atoms with Crippen LogP contribution in [0.3, 0.4) is 0 Å². The summed E-state index contributed by atoms with van der Waals surface area (Å²) in [4.78, 5) is 15.2. The van der Waals surface area contributed by atoms with Gasteiger partial charge < -0.3 is 14.9 Å². The molecule has 3 aromatic rings. The Morgan fingerprint density at radius 3 is 3.05 bits per heavy atom. The molecule has 0 spiro atoms. The summed E-state index contributed by atoms with van der Waals surface area (Å²) in [6, 6.07) is 7.70. The second kappa shape index (κ2) is 5.69. The molecular formula is C14H14BrN5O. The van der Waals surface area contributed by atoms with Crippen LogP contribution in [0.2, 0.25) is 0 Å². The molecule has 0 saturated carbocycles. The number of halogens is 1. The van der Waals surface area contributed by atoms with Gasteiger partial charge in [-0.1, -0.05) is 15.9 Å². The van der Waals surface area contributed by atoms with E-state index in [-0.39, 0.29) is 5.91 Å². The molecular weight excluding hydrogens is 334 g/mol. The molecule has 2 N–H and O–H groups in total. The first kappa shape index (κ1) is 13.8. The number of H-pyrrole nitrogens is 1. The second-order valence-corrected chi connectivity index (χ2v) is 5.66. The topological polar surface area (TPSA) is 75.6 Å². The molecule has 0 aliphatic heterocycles. The number of rotatable bonds is 4. The zero-order chi connectivity index (χ0) is 14.8. The molecule has 0 saturated heterocycles. The molecule has 0 bridgehead atoms. The summed E-state index contributed by atoms with van der Waals surface area (Å²) in [5.74, 6) is 0.716.